The third-order valence-electron chi connectivity index (χ3n) is 5.70. The molecule has 1 N–H and O–H groups in total. The first-order chi connectivity index (χ1) is 13.2. The van der Waals surface area contributed by atoms with Gasteiger partial charge in [-0.3, -0.25) is 9.69 Å². The van der Waals surface area contributed by atoms with Crippen LogP contribution < -0.4 is 4.90 Å². The Labute approximate surface area is 158 Å². The smallest absolute Gasteiger partial charge is 0.253 e. The van der Waals surface area contributed by atoms with E-state index >= 15 is 0 Å². The van der Waals surface area contributed by atoms with Crippen LogP contribution in [0.2, 0.25) is 0 Å². The molecule has 0 bridgehead atoms. The van der Waals surface area contributed by atoms with Crippen LogP contribution in [-0.4, -0.2) is 54.9 Å². The Balaban J connectivity index is 1.66. The average Bonchev–Trinajstić information content (AvgIpc) is 2.67. The molecule has 2 heterocycles. The number of ether oxygens (including phenoxy) is 1. The molecule has 142 valence electrons. The molecule has 1 fully saturated rings. The molecule has 2 aliphatic rings. The largest absolute Gasteiger partial charge is 0.395 e. The molecule has 4 rings (SSSR count). The number of rotatable bonds is 5. The predicted molar refractivity (Wildman–Crippen MR) is 100 cm³/mol. The molecule has 6 heteroatoms. The molecule has 2 aromatic carbocycles. The van der Waals surface area contributed by atoms with Crippen LogP contribution in [0.4, 0.5) is 10.1 Å². The Morgan fingerprint density at radius 3 is 2.70 bits per heavy atom. The van der Waals surface area contributed by atoms with Crippen molar-refractivity contribution in [3.8, 4) is 0 Å². The van der Waals surface area contributed by atoms with Gasteiger partial charge in [0.15, 0.2) is 0 Å². The molecule has 1 saturated heterocycles. The van der Waals surface area contributed by atoms with Gasteiger partial charge in [0, 0.05) is 49.5 Å². The predicted octanol–water partition coefficient (Wildman–Crippen LogP) is 2.15. The normalized spacial score (nSPS) is 24.1. The van der Waals surface area contributed by atoms with Crippen LogP contribution in [0.15, 0.2) is 48.5 Å². The molecule has 0 unspecified atom stereocenters. The number of methoxy groups -OCH3 is 1. The van der Waals surface area contributed by atoms with Crippen molar-refractivity contribution in [1.82, 2.24) is 4.90 Å². The number of fused-ring (bicyclic) bond motifs is 3. The lowest BCUT2D eigenvalue weighted by atomic mass is 9.71. The van der Waals surface area contributed by atoms with Gasteiger partial charge in [0.25, 0.3) is 5.91 Å². The fourth-order valence-corrected chi connectivity index (χ4v) is 4.46. The van der Waals surface area contributed by atoms with Crippen LogP contribution in [0.1, 0.15) is 17.0 Å². The van der Waals surface area contributed by atoms with E-state index in [9.17, 15) is 14.3 Å². The molecule has 2 aromatic rings. The first-order valence-corrected chi connectivity index (χ1v) is 9.14. The molecular formula is C21H23FN2O3. The van der Waals surface area contributed by atoms with E-state index in [-0.39, 0.29) is 42.9 Å². The Morgan fingerprint density at radius 1 is 1.22 bits per heavy atom. The number of nitrogens with zero attached hydrogens (tertiary/aromatic N) is 2. The standard InChI is InChI=1S/C21H23FN2O3/c1-27-13-20(26)24-11-18-21(15-7-3-5-9-17(15)24)19(12-25)23(18)10-14-6-2-4-8-16(14)22/h2-9,18-19,21,25H,10-13H2,1H3/t18-,19+,21+/m0/s1. The summed E-state index contributed by atoms with van der Waals surface area (Å²) in [5.41, 5.74) is 2.54. The second kappa shape index (κ2) is 7.38. The lowest BCUT2D eigenvalue weighted by Crippen LogP contribution is -2.69. The van der Waals surface area contributed by atoms with Crippen LogP contribution >= 0.6 is 0 Å². The van der Waals surface area contributed by atoms with E-state index in [1.54, 1.807) is 17.0 Å². The number of benzene rings is 2. The zero-order valence-corrected chi connectivity index (χ0v) is 15.2. The van der Waals surface area contributed by atoms with Gasteiger partial charge in [-0.15, -0.1) is 0 Å². The maximum Gasteiger partial charge on any atom is 0.253 e. The fourth-order valence-electron chi connectivity index (χ4n) is 4.46. The highest BCUT2D eigenvalue weighted by Gasteiger charge is 2.53. The van der Waals surface area contributed by atoms with Crippen LogP contribution in [-0.2, 0) is 16.1 Å². The van der Waals surface area contributed by atoms with E-state index in [1.165, 1.54) is 13.2 Å². The van der Waals surface area contributed by atoms with E-state index in [1.807, 2.05) is 30.3 Å². The molecule has 27 heavy (non-hydrogen) atoms. The summed E-state index contributed by atoms with van der Waals surface area (Å²) < 4.78 is 19.2. The van der Waals surface area contributed by atoms with Crippen molar-refractivity contribution in [1.29, 1.82) is 0 Å². The van der Waals surface area contributed by atoms with Crippen molar-refractivity contribution in [3.63, 3.8) is 0 Å². The number of carbonyl (C=O) groups excluding carboxylic acids is 1. The van der Waals surface area contributed by atoms with E-state index in [2.05, 4.69) is 4.90 Å². The quantitative estimate of drug-likeness (QED) is 0.876. The van der Waals surface area contributed by atoms with E-state index in [0.717, 1.165) is 11.3 Å². The zero-order chi connectivity index (χ0) is 19.0. The summed E-state index contributed by atoms with van der Waals surface area (Å²) in [6.45, 7) is 0.931. The second-order valence-electron chi connectivity index (χ2n) is 7.10. The van der Waals surface area contributed by atoms with Crippen molar-refractivity contribution >= 4 is 11.6 Å². The molecular weight excluding hydrogens is 347 g/mol. The molecule has 1 amide bonds. The van der Waals surface area contributed by atoms with Gasteiger partial charge in [-0.2, -0.15) is 0 Å². The second-order valence-corrected chi connectivity index (χ2v) is 7.10. The van der Waals surface area contributed by atoms with E-state index in [4.69, 9.17) is 4.74 Å². The SMILES string of the molecule is COCC(=O)N1C[C@H]2[C@@H](c3ccccc31)[C@@H](CO)N2Cc1ccccc1F. The van der Waals surface area contributed by atoms with Crippen LogP contribution in [0.25, 0.3) is 0 Å². The molecule has 2 aliphatic heterocycles. The number of carbonyl (C=O) groups is 1. The first kappa shape index (κ1) is 18.1. The van der Waals surface area contributed by atoms with Gasteiger partial charge in [0.1, 0.15) is 12.4 Å². The topological polar surface area (TPSA) is 53.0 Å². The van der Waals surface area contributed by atoms with Crippen molar-refractivity contribution in [2.24, 2.45) is 0 Å². The number of aliphatic hydroxyl groups excluding tert-OH is 1. The fraction of sp³-hybridized carbons (Fsp3) is 0.381. The number of hydrogen-bond donors (Lipinski definition) is 1. The molecule has 0 radical (unpaired) electrons. The molecule has 0 spiro atoms. The Hall–Kier alpha value is -2.28. The number of amides is 1. The van der Waals surface area contributed by atoms with Crippen molar-refractivity contribution in [2.75, 3.05) is 31.8 Å². The third-order valence-corrected chi connectivity index (χ3v) is 5.70. The molecule has 5 nitrogen and oxygen atoms in total. The maximum absolute atomic E-state index is 14.1. The molecule has 3 atom stereocenters. The number of halogens is 1. The van der Waals surface area contributed by atoms with Crippen molar-refractivity contribution in [2.45, 2.75) is 24.5 Å². The van der Waals surface area contributed by atoms with Crippen LogP contribution in [0.5, 0.6) is 0 Å². The number of likely N-dealkylation sites (tertiary alicyclic amines) is 1. The van der Waals surface area contributed by atoms with E-state index in [0.29, 0.717) is 18.7 Å². The summed E-state index contributed by atoms with van der Waals surface area (Å²) in [4.78, 5) is 16.4. The summed E-state index contributed by atoms with van der Waals surface area (Å²) in [7, 11) is 1.51. The maximum atomic E-state index is 14.1. The summed E-state index contributed by atoms with van der Waals surface area (Å²) in [6.07, 6.45) is 0. The Morgan fingerprint density at radius 2 is 1.96 bits per heavy atom. The van der Waals surface area contributed by atoms with Crippen LogP contribution in [0, 0.1) is 5.82 Å². The van der Waals surface area contributed by atoms with Gasteiger partial charge in [0.2, 0.25) is 0 Å². The summed E-state index contributed by atoms with van der Waals surface area (Å²) in [6, 6.07) is 14.5. The minimum absolute atomic E-state index is 0.00400. The number of aliphatic hydroxyl groups is 1. The summed E-state index contributed by atoms with van der Waals surface area (Å²) in [5.74, 6) is -0.215. The minimum atomic E-state index is -0.249. The first-order valence-electron chi connectivity index (χ1n) is 9.14. The molecule has 0 saturated carbocycles. The minimum Gasteiger partial charge on any atom is -0.395 e. The van der Waals surface area contributed by atoms with Crippen molar-refractivity contribution in [3.05, 3.63) is 65.5 Å². The lowest BCUT2D eigenvalue weighted by molar-refractivity contribution is -0.123. The summed E-state index contributed by atoms with van der Waals surface area (Å²) in [5, 5.41) is 9.99. The monoisotopic (exact) mass is 370 g/mol. The zero-order valence-electron chi connectivity index (χ0n) is 15.2. The molecule has 0 aliphatic carbocycles. The average molecular weight is 370 g/mol. The highest BCUT2D eigenvalue weighted by molar-refractivity contribution is 5.96. The van der Waals surface area contributed by atoms with Crippen molar-refractivity contribution < 1.29 is 19.0 Å². The highest BCUT2D eigenvalue weighted by atomic mass is 19.1. The lowest BCUT2D eigenvalue weighted by Gasteiger charge is -2.59. The Kier molecular flexibility index (Phi) is 4.95. The number of para-hydroxylation sites is 1. The van der Waals surface area contributed by atoms with Gasteiger partial charge in [-0.1, -0.05) is 36.4 Å². The van der Waals surface area contributed by atoms with Gasteiger partial charge in [0.05, 0.1) is 6.61 Å². The third kappa shape index (κ3) is 3.04. The highest BCUT2D eigenvalue weighted by Crippen LogP contribution is 2.48. The van der Waals surface area contributed by atoms with Crippen LogP contribution in [0.3, 0.4) is 0 Å². The van der Waals surface area contributed by atoms with Gasteiger partial charge in [-0.25, -0.2) is 4.39 Å². The number of anilines is 1. The van der Waals surface area contributed by atoms with Gasteiger partial charge < -0.3 is 14.7 Å². The number of hydrogen-bond acceptors (Lipinski definition) is 4. The van der Waals surface area contributed by atoms with Gasteiger partial charge >= 0.3 is 0 Å². The van der Waals surface area contributed by atoms with Gasteiger partial charge in [-0.05, 0) is 17.7 Å². The molecule has 0 aromatic heterocycles. The Bertz CT molecular complexity index is 844. The summed E-state index contributed by atoms with van der Waals surface area (Å²) >= 11 is 0. The van der Waals surface area contributed by atoms with E-state index < -0.39 is 0 Å².